The Morgan fingerprint density at radius 2 is 2.29 bits per heavy atom. The van der Waals surface area contributed by atoms with Gasteiger partial charge in [-0.1, -0.05) is 19.1 Å². The maximum absolute atomic E-state index is 12.4. The molecule has 24 heavy (non-hydrogen) atoms. The molecule has 2 heterocycles. The first-order valence-corrected chi connectivity index (χ1v) is 8.35. The molecule has 2 aromatic rings. The third-order valence-corrected chi connectivity index (χ3v) is 4.50. The summed E-state index contributed by atoms with van der Waals surface area (Å²) in [5, 5.41) is 3.03. The van der Waals surface area contributed by atoms with Gasteiger partial charge in [-0.3, -0.25) is 14.5 Å². The first-order valence-electron chi connectivity index (χ1n) is 8.35. The minimum Gasteiger partial charge on any atom is -0.350 e. The van der Waals surface area contributed by atoms with Gasteiger partial charge in [0.05, 0.1) is 12.0 Å². The van der Waals surface area contributed by atoms with Gasteiger partial charge in [-0.05, 0) is 38.1 Å². The first kappa shape index (κ1) is 16.4. The molecule has 126 valence electrons. The summed E-state index contributed by atoms with van der Waals surface area (Å²) in [5.74, 6) is -0.0929. The van der Waals surface area contributed by atoms with E-state index in [-0.39, 0.29) is 11.5 Å². The number of aromatic amines is 1. The molecule has 0 bridgehead atoms. The highest BCUT2D eigenvalue weighted by molar-refractivity contribution is 5.95. The molecule has 1 fully saturated rings. The van der Waals surface area contributed by atoms with Gasteiger partial charge in [0.1, 0.15) is 0 Å². The third-order valence-electron chi connectivity index (χ3n) is 4.50. The molecule has 1 aliphatic heterocycles. The average Bonchev–Trinajstić information content (AvgIpc) is 3.07. The van der Waals surface area contributed by atoms with Gasteiger partial charge in [-0.25, -0.2) is 4.98 Å². The molecular formula is C18H22N4O2. The molecule has 0 aliphatic carbocycles. The second-order valence-corrected chi connectivity index (χ2v) is 6.01. The van der Waals surface area contributed by atoms with Crippen LogP contribution in [0, 0.1) is 0 Å². The number of hydrogen-bond acceptors (Lipinski definition) is 4. The molecule has 1 aromatic heterocycles. The zero-order chi connectivity index (χ0) is 16.9. The summed E-state index contributed by atoms with van der Waals surface area (Å²) in [6.45, 7) is 4.95. The summed E-state index contributed by atoms with van der Waals surface area (Å²) in [4.78, 5) is 32.9. The number of carbonyl (C=O) groups excluding carboxylic acids is 1. The molecule has 1 amide bonds. The van der Waals surface area contributed by atoms with Gasteiger partial charge < -0.3 is 10.3 Å². The van der Waals surface area contributed by atoms with E-state index < -0.39 is 0 Å². The summed E-state index contributed by atoms with van der Waals surface area (Å²) in [7, 11) is 0. The fourth-order valence-corrected chi connectivity index (χ4v) is 3.20. The second kappa shape index (κ2) is 7.40. The van der Waals surface area contributed by atoms with E-state index >= 15 is 0 Å². The SMILES string of the molecule is CCN1CCC[C@H]1CNC(=O)c1cccc(-c2cc(=O)[nH]cn2)c1. The third kappa shape index (κ3) is 3.71. The maximum Gasteiger partial charge on any atom is 0.251 e. The summed E-state index contributed by atoms with van der Waals surface area (Å²) < 4.78 is 0. The Morgan fingerprint density at radius 3 is 3.08 bits per heavy atom. The van der Waals surface area contributed by atoms with Crippen LogP contribution in [0.5, 0.6) is 0 Å². The van der Waals surface area contributed by atoms with Crippen molar-refractivity contribution in [2.24, 2.45) is 0 Å². The van der Waals surface area contributed by atoms with Gasteiger partial charge in [-0.2, -0.15) is 0 Å². The molecule has 0 unspecified atom stereocenters. The van der Waals surface area contributed by atoms with Gasteiger partial charge in [0, 0.05) is 29.8 Å². The Labute approximate surface area is 140 Å². The molecule has 3 rings (SSSR count). The van der Waals surface area contributed by atoms with Crippen LogP contribution in [0.15, 0.2) is 41.5 Å². The van der Waals surface area contributed by atoms with E-state index in [1.54, 1.807) is 18.2 Å². The van der Waals surface area contributed by atoms with E-state index in [1.807, 2.05) is 6.07 Å². The molecule has 1 saturated heterocycles. The van der Waals surface area contributed by atoms with Crippen molar-refractivity contribution in [3.63, 3.8) is 0 Å². The van der Waals surface area contributed by atoms with Crippen molar-refractivity contribution in [1.82, 2.24) is 20.2 Å². The number of H-pyrrole nitrogens is 1. The van der Waals surface area contributed by atoms with Crippen LogP contribution < -0.4 is 10.9 Å². The Morgan fingerprint density at radius 1 is 1.42 bits per heavy atom. The number of hydrogen-bond donors (Lipinski definition) is 2. The zero-order valence-electron chi connectivity index (χ0n) is 13.8. The van der Waals surface area contributed by atoms with Crippen molar-refractivity contribution in [3.05, 3.63) is 52.6 Å². The van der Waals surface area contributed by atoms with Crippen LogP contribution in [0.3, 0.4) is 0 Å². The van der Waals surface area contributed by atoms with E-state index in [0.717, 1.165) is 25.1 Å². The van der Waals surface area contributed by atoms with Crippen LogP contribution in [-0.2, 0) is 0 Å². The van der Waals surface area contributed by atoms with Gasteiger partial charge in [0.2, 0.25) is 0 Å². The van der Waals surface area contributed by atoms with E-state index in [9.17, 15) is 9.59 Å². The molecule has 0 saturated carbocycles. The fraction of sp³-hybridized carbons (Fsp3) is 0.389. The van der Waals surface area contributed by atoms with Crippen molar-refractivity contribution >= 4 is 5.91 Å². The number of amides is 1. The lowest BCUT2D eigenvalue weighted by atomic mass is 10.1. The molecule has 1 atom stereocenters. The lowest BCUT2D eigenvalue weighted by Gasteiger charge is -2.22. The highest BCUT2D eigenvalue weighted by atomic mass is 16.1. The number of nitrogens with zero attached hydrogens (tertiary/aromatic N) is 2. The lowest BCUT2D eigenvalue weighted by Crippen LogP contribution is -2.40. The fourth-order valence-electron chi connectivity index (χ4n) is 3.20. The lowest BCUT2D eigenvalue weighted by molar-refractivity contribution is 0.0941. The van der Waals surface area contributed by atoms with Gasteiger partial charge in [0.15, 0.2) is 0 Å². The number of likely N-dealkylation sites (N-methyl/N-ethyl adjacent to an activating group) is 1. The number of carbonyl (C=O) groups is 1. The Balaban J connectivity index is 1.69. The van der Waals surface area contributed by atoms with Gasteiger partial charge >= 0.3 is 0 Å². The van der Waals surface area contributed by atoms with Crippen LogP contribution in [0.2, 0.25) is 0 Å². The van der Waals surface area contributed by atoms with Crippen molar-refractivity contribution in [2.45, 2.75) is 25.8 Å². The van der Waals surface area contributed by atoms with E-state index in [0.29, 0.717) is 23.8 Å². The normalized spacial score (nSPS) is 17.8. The monoisotopic (exact) mass is 326 g/mol. The number of nitrogens with one attached hydrogen (secondary N) is 2. The highest BCUT2D eigenvalue weighted by Gasteiger charge is 2.23. The van der Waals surface area contributed by atoms with Gasteiger partial charge in [-0.15, -0.1) is 0 Å². The highest BCUT2D eigenvalue weighted by Crippen LogP contribution is 2.18. The number of benzene rings is 1. The van der Waals surface area contributed by atoms with Crippen molar-refractivity contribution in [1.29, 1.82) is 0 Å². The standard InChI is InChI=1S/C18H22N4O2/c1-2-22-8-4-7-15(22)11-19-18(24)14-6-3-5-13(9-14)16-10-17(23)21-12-20-16/h3,5-6,9-10,12,15H,2,4,7-8,11H2,1H3,(H,19,24)(H,20,21,23)/t15-/m0/s1. The zero-order valence-corrected chi connectivity index (χ0v) is 13.8. The number of rotatable bonds is 5. The molecule has 1 aliphatic rings. The van der Waals surface area contributed by atoms with E-state index in [1.165, 1.54) is 18.8 Å². The molecule has 1 aromatic carbocycles. The number of aromatic nitrogens is 2. The van der Waals surface area contributed by atoms with Crippen molar-refractivity contribution < 1.29 is 4.79 Å². The predicted octanol–water partition coefficient (Wildman–Crippen LogP) is 1.65. The Bertz CT molecular complexity index is 771. The van der Waals surface area contributed by atoms with E-state index in [4.69, 9.17) is 0 Å². The number of likely N-dealkylation sites (tertiary alicyclic amines) is 1. The quantitative estimate of drug-likeness (QED) is 0.876. The smallest absolute Gasteiger partial charge is 0.251 e. The molecule has 2 N–H and O–H groups in total. The predicted molar refractivity (Wildman–Crippen MR) is 92.9 cm³/mol. The van der Waals surface area contributed by atoms with Crippen LogP contribution in [0.25, 0.3) is 11.3 Å². The summed E-state index contributed by atoms with van der Waals surface area (Å²) in [5.41, 5.74) is 1.68. The van der Waals surface area contributed by atoms with Crippen LogP contribution in [-0.4, -0.2) is 46.5 Å². The summed E-state index contributed by atoms with van der Waals surface area (Å²) >= 11 is 0. The first-order chi connectivity index (χ1) is 11.7. The Hall–Kier alpha value is -2.47. The minimum atomic E-state index is -0.212. The van der Waals surface area contributed by atoms with Crippen LogP contribution >= 0.6 is 0 Å². The molecule has 6 nitrogen and oxygen atoms in total. The van der Waals surface area contributed by atoms with Crippen molar-refractivity contribution in [3.8, 4) is 11.3 Å². The van der Waals surface area contributed by atoms with Gasteiger partial charge in [0.25, 0.3) is 11.5 Å². The molecule has 0 spiro atoms. The second-order valence-electron chi connectivity index (χ2n) is 6.01. The molecule has 0 radical (unpaired) electrons. The van der Waals surface area contributed by atoms with Crippen LogP contribution in [0.4, 0.5) is 0 Å². The topological polar surface area (TPSA) is 78.1 Å². The average molecular weight is 326 g/mol. The summed E-state index contributed by atoms with van der Waals surface area (Å²) in [6.07, 6.45) is 3.69. The maximum atomic E-state index is 12.4. The minimum absolute atomic E-state index is 0.0929. The van der Waals surface area contributed by atoms with Crippen LogP contribution in [0.1, 0.15) is 30.1 Å². The largest absolute Gasteiger partial charge is 0.350 e. The Kier molecular flexibility index (Phi) is 5.05. The van der Waals surface area contributed by atoms with E-state index in [2.05, 4.69) is 27.1 Å². The van der Waals surface area contributed by atoms with Crippen molar-refractivity contribution in [2.75, 3.05) is 19.6 Å². The molecular weight excluding hydrogens is 304 g/mol. The summed E-state index contributed by atoms with van der Waals surface area (Å²) in [6, 6.07) is 9.04. The molecule has 6 heteroatoms.